The molecule has 0 N–H and O–H groups in total. The zero-order valence-electron chi connectivity index (χ0n) is 8.56. The average molecular weight is 221 g/mol. The summed E-state index contributed by atoms with van der Waals surface area (Å²) in [5.41, 5.74) is 0. The van der Waals surface area contributed by atoms with Gasteiger partial charge in [-0.25, -0.2) is 0 Å². The largest absolute Gasteiger partial charge is 0.592 e. The molecule has 3 aliphatic rings. The molecule has 3 rings (SSSR count). The summed E-state index contributed by atoms with van der Waals surface area (Å²) in [7, 11) is -1.58. The van der Waals surface area contributed by atoms with Crippen LogP contribution in [0.15, 0.2) is 35.4 Å². The van der Waals surface area contributed by atoms with E-state index < -0.39 is 8.03 Å². The van der Waals surface area contributed by atoms with Gasteiger partial charge in [-0.2, -0.15) is 0 Å². The predicted octanol–water partition coefficient (Wildman–Crippen LogP) is 3.90. The summed E-state index contributed by atoms with van der Waals surface area (Å²) in [5, 5.41) is 1.08. The molecule has 2 aliphatic carbocycles. The fourth-order valence-corrected chi connectivity index (χ4v) is 4.09. The van der Waals surface area contributed by atoms with Gasteiger partial charge in [0, 0.05) is 11.8 Å². The molecule has 0 spiro atoms. The second kappa shape index (κ2) is 3.61. The number of fused-ring (bicyclic) bond motifs is 3. The smallest absolute Gasteiger partial charge is 0.255 e. The molecular formula is C12H14O2P+. The fraction of sp³-hybridized carbons (Fsp3) is 0.500. The van der Waals surface area contributed by atoms with Crippen molar-refractivity contribution in [2.45, 2.75) is 25.7 Å². The van der Waals surface area contributed by atoms with Crippen LogP contribution >= 0.6 is 8.03 Å². The molecule has 3 unspecified atom stereocenters. The van der Waals surface area contributed by atoms with Gasteiger partial charge in [0.15, 0.2) is 5.76 Å². The molecule has 0 aromatic carbocycles. The Morgan fingerprint density at radius 1 is 1.40 bits per heavy atom. The normalized spacial score (nSPS) is 35.9. The Morgan fingerprint density at radius 3 is 3.27 bits per heavy atom. The summed E-state index contributed by atoms with van der Waals surface area (Å²) in [5.74, 6) is 1.88. The zero-order chi connectivity index (χ0) is 10.3. The first-order valence-electron chi connectivity index (χ1n) is 5.58. The Labute approximate surface area is 90.6 Å². The van der Waals surface area contributed by atoms with E-state index in [1.165, 1.54) is 12.8 Å². The van der Waals surface area contributed by atoms with E-state index in [9.17, 15) is 4.57 Å². The highest BCUT2D eigenvalue weighted by atomic mass is 31.1. The quantitative estimate of drug-likeness (QED) is 0.580. The average Bonchev–Trinajstić information content (AvgIpc) is 2.30. The first kappa shape index (κ1) is 9.35. The van der Waals surface area contributed by atoms with Crippen molar-refractivity contribution in [3.8, 4) is 0 Å². The molecule has 1 fully saturated rings. The molecule has 78 valence electrons. The van der Waals surface area contributed by atoms with Crippen molar-refractivity contribution < 1.29 is 9.09 Å². The minimum atomic E-state index is -1.58. The van der Waals surface area contributed by atoms with Crippen LogP contribution in [0.1, 0.15) is 25.7 Å². The molecule has 1 aliphatic heterocycles. The lowest BCUT2D eigenvalue weighted by atomic mass is 9.79. The lowest BCUT2D eigenvalue weighted by molar-refractivity contribution is 0.262. The number of hydrogen-bond acceptors (Lipinski definition) is 2. The van der Waals surface area contributed by atoms with Gasteiger partial charge in [-0.05, 0) is 42.4 Å². The Balaban J connectivity index is 2.00. The summed E-state index contributed by atoms with van der Waals surface area (Å²) >= 11 is 0. The Hall–Kier alpha value is -0.880. The molecule has 3 atom stereocenters. The second-order valence-electron chi connectivity index (χ2n) is 4.35. The number of allylic oxidation sites excluding steroid dienone is 6. The molecule has 0 aromatic rings. The zero-order valence-corrected chi connectivity index (χ0v) is 9.45. The van der Waals surface area contributed by atoms with Crippen molar-refractivity contribution in [3.05, 3.63) is 35.4 Å². The summed E-state index contributed by atoms with van der Waals surface area (Å²) in [4.78, 5) is 0. The fourth-order valence-electron chi connectivity index (χ4n) is 2.74. The van der Waals surface area contributed by atoms with Crippen LogP contribution in [0.25, 0.3) is 0 Å². The Kier molecular flexibility index (Phi) is 2.25. The van der Waals surface area contributed by atoms with Crippen LogP contribution in [-0.4, -0.2) is 0 Å². The molecule has 1 saturated heterocycles. The third-order valence-electron chi connectivity index (χ3n) is 3.49. The van der Waals surface area contributed by atoms with Gasteiger partial charge in [0.05, 0.1) is 0 Å². The van der Waals surface area contributed by atoms with Crippen LogP contribution < -0.4 is 0 Å². The van der Waals surface area contributed by atoms with Gasteiger partial charge in [0.25, 0.3) is 0 Å². The van der Waals surface area contributed by atoms with Gasteiger partial charge in [0.1, 0.15) is 0 Å². The van der Waals surface area contributed by atoms with E-state index in [0.717, 1.165) is 23.9 Å². The minimum Gasteiger partial charge on any atom is -0.255 e. The second-order valence-corrected chi connectivity index (χ2v) is 5.57. The predicted molar refractivity (Wildman–Crippen MR) is 59.4 cm³/mol. The van der Waals surface area contributed by atoms with Gasteiger partial charge in [-0.15, -0.1) is 0 Å². The summed E-state index contributed by atoms with van der Waals surface area (Å²) < 4.78 is 17.4. The monoisotopic (exact) mass is 221 g/mol. The van der Waals surface area contributed by atoms with Crippen LogP contribution in [0.5, 0.6) is 0 Å². The van der Waals surface area contributed by atoms with Crippen molar-refractivity contribution in [1.29, 1.82) is 0 Å². The van der Waals surface area contributed by atoms with Crippen LogP contribution in [0.2, 0.25) is 0 Å². The van der Waals surface area contributed by atoms with Gasteiger partial charge < -0.3 is 0 Å². The highest BCUT2D eigenvalue weighted by Gasteiger charge is 2.48. The Morgan fingerprint density at radius 2 is 2.33 bits per heavy atom. The lowest BCUT2D eigenvalue weighted by Crippen LogP contribution is -2.25. The highest BCUT2D eigenvalue weighted by molar-refractivity contribution is 7.44. The summed E-state index contributed by atoms with van der Waals surface area (Å²) in [6.07, 6.45) is 12.8. The molecule has 0 aromatic heterocycles. The van der Waals surface area contributed by atoms with E-state index in [2.05, 4.69) is 12.2 Å². The topological polar surface area (TPSA) is 26.3 Å². The first-order chi connectivity index (χ1) is 7.36. The van der Waals surface area contributed by atoms with E-state index in [0.29, 0.717) is 11.8 Å². The van der Waals surface area contributed by atoms with E-state index in [4.69, 9.17) is 4.52 Å². The van der Waals surface area contributed by atoms with Gasteiger partial charge >= 0.3 is 8.03 Å². The van der Waals surface area contributed by atoms with Crippen molar-refractivity contribution in [1.82, 2.24) is 0 Å². The van der Waals surface area contributed by atoms with Gasteiger partial charge in [0.2, 0.25) is 5.31 Å². The maximum Gasteiger partial charge on any atom is 0.592 e. The van der Waals surface area contributed by atoms with Crippen LogP contribution in [0, 0.1) is 11.8 Å². The van der Waals surface area contributed by atoms with Crippen molar-refractivity contribution in [3.63, 3.8) is 0 Å². The lowest BCUT2D eigenvalue weighted by Gasteiger charge is -2.30. The Bertz CT molecular complexity index is 392. The molecule has 0 amide bonds. The van der Waals surface area contributed by atoms with Crippen LogP contribution in [0.3, 0.4) is 0 Å². The van der Waals surface area contributed by atoms with Crippen molar-refractivity contribution >= 4 is 8.03 Å². The standard InChI is InChI=1S/C12H14O2P/c13-15-12-8-4-2-6-10(12)9-5-1-3-7-11(9)14-15/h1,3,7-10H,2,4-6H2/q+1. The molecule has 0 bridgehead atoms. The minimum absolute atomic E-state index is 0.453. The molecule has 3 heteroatoms. The molecule has 0 saturated carbocycles. The highest BCUT2D eigenvalue weighted by Crippen LogP contribution is 2.55. The van der Waals surface area contributed by atoms with Crippen molar-refractivity contribution in [2.24, 2.45) is 11.8 Å². The van der Waals surface area contributed by atoms with E-state index in [1.807, 2.05) is 12.2 Å². The third kappa shape index (κ3) is 1.48. The molecule has 15 heavy (non-hydrogen) atoms. The SMILES string of the molecule is O=[P+]1OC2=CC=CCC2C2CCCC=C21. The van der Waals surface area contributed by atoms with Gasteiger partial charge in [-0.1, -0.05) is 12.2 Å². The number of rotatable bonds is 0. The first-order valence-corrected chi connectivity index (χ1v) is 6.76. The summed E-state index contributed by atoms with van der Waals surface area (Å²) in [6, 6.07) is 0. The molecular weight excluding hydrogens is 207 g/mol. The van der Waals surface area contributed by atoms with Crippen molar-refractivity contribution in [2.75, 3.05) is 0 Å². The molecule has 1 heterocycles. The third-order valence-corrected chi connectivity index (χ3v) is 4.80. The summed E-state index contributed by atoms with van der Waals surface area (Å²) in [6.45, 7) is 0. The number of hydrogen-bond donors (Lipinski definition) is 0. The maximum atomic E-state index is 11.9. The van der Waals surface area contributed by atoms with Gasteiger partial charge in [-0.3, -0.25) is 4.52 Å². The van der Waals surface area contributed by atoms with Crippen LogP contribution in [0.4, 0.5) is 0 Å². The molecule has 2 nitrogen and oxygen atoms in total. The van der Waals surface area contributed by atoms with E-state index in [-0.39, 0.29) is 0 Å². The van der Waals surface area contributed by atoms with Crippen LogP contribution in [-0.2, 0) is 9.09 Å². The van der Waals surface area contributed by atoms with E-state index in [1.54, 1.807) is 0 Å². The molecule has 0 radical (unpaired) electrons. The van der Waals surface area contributed by atoms with E-state index >= 15 is 0 Å². The maximum absolute atomic E-state index is 11.9.